The third-order valence-corrected chi connectivity index (χ3v) is 1.74. The summed E-state index contributed by atoms with van der Waals surface area (Å²) in [6.07, 6.45) is 1.80. The second-order valence-electron chi connectivity index (χ2n) is 3.59. The molecule has 0 amide bonds. The zero-order chi connectivity index (χ0) is 10.4. The van der Waals surface area contributed by atoms with Crippen LogP contribution < -0.4 is 10.1 Å². The van der Waals surface area contributed by atoms with Gasteiger partial charge in [-0.15, -0.1) is 0 Å². The normalized spacial score (nSPS) is 10.3. The fourth-order valence-corrected chi connectivity index (χ4v) is 1.04. The Balaban J connectivity index is 2.46. The van der Waals surface area contributed by atoms with Gasteiger partial charge in [-0.2, -0.15) is 0 Å². The molecule has 1 heterocycles. The molecule has 0 aliphatic rings. The van der Waals surface area contributed by atoms with Gasteiger partial charge in [-0.1, -0.05) is 13.8 Å². The molecule has 14 heavy (non-hydrogen) atoms. The summed E-state index contributed by atoms with van der Waals surface area (Å²) in [6, 6.07) is 3.87. The highest BCUT2D eigenvalue weighted by Crippen LogP contribution is 2.11. The lowest BCUT2D eigenvalue weighted by Gasteiger charge is -2.08. The second kappa shape index (κ2) is 5.47. The Hall–Kier alpha value is -1.25. The Morgan fingerprint density at radius 2 is 2.21 bits per heavy atom. The summed E-state index contributed by atoms with van der Waals surface area (Å²) in [5.41, 5.74) is 1.04. The molecule has 0 bridgehead atoms. The lowest BCUT2D eigenvalue weighted by molar-refractivity contribution is 0.327. The minimum absolute atomic E-state index is 0.640. The number of rotatable bonds is 5. The van der Waals surface area contributed by atoms with Crippen LogP contribution in [0.4, 0.5) is 5.69 Å². The highest BCUT2D eigenvalue weighted by Gasteiger charge is 1.96. The Labute approximate surface area is 85.5 Å². The zero-order valence-electron chi connectivity index (χ0n) is 9.08. The van der Waals surface area contributed by atoms with Crippen LogP contribution >= 0.6 is 0 Å². The number of pyridine rings is 1. The van der Waals surface area contributed by atoms with E-state index < -0.39 is 0 Å². The van der Waals surface area contributed by atoms with E-state index in [0.29, 0.717) is 18.4 Å². The van der Waals surface area contributed by atoms with Gasteiger partial charge in [0.25, 0.3) is 0 Å². The van der Waals surface area contributed by atoms with Crippen molar-refractivity contribution in [3.8, 4) is 5.88 Å². The smallest absolute Gasteiger partial charge is 0.213 e. The van der Waals surface area contributed by atoms with Gasteiger partial charge in [-0.3, -0.25) is 0 Å². The fourth-order valence-electron chi connectivity index (χ4n) is 1.04. The SMILES string of the molecule is CCOc1ccc(NCC(C)C)cn1. The topological polar surface area (TPSA) is 34.1 Å². The van der Waals surface area contributed by atoms with E-state index in [1.165, 1.54) is 0 Å². The van der Waals surface area contributed by atoms with Crippen molar-refractivity contribution in [2.75, 3.05) is 18.5 Å². The second-order valence-corrected chi connectivity index (χ2v) is 3.59. The van der Waals surface area contributed by atoms with E-state index in [1.54, 1.807) is 6.20 Å². The van der Waals surface area contributed by atoms with E-state index in [-0.39, 0.29) is 0 Å². The molecule has 0 saturated carbocycles. The third-order valence-electron chi connectivity index (χ3n) is 1.74. The van der Waals surface area contributed by atoms with Gasteiger partial charge in [0.1, 0.15) is 0 Å². The largest absolute Gasteiger partial charge is 0.478 e. The van der Waals surface area contributed by atoms with Gasteiger partial charge in [0.05, 0.1) is 18.5 Å². The van der Waals surface area contributed by atoms with E-state index in [0.717, 1.165) is 12.2 Å². The van der Waals surface area contributed by atoms with Crippen LogP contribution in [0.2, 0.25) is 0 Å². The number of anilines is 1. The predicted octanol–water partition coefficient (Wildman–Crippen LogP) is 2.55. The summed E-state index contributed by atoms with van der Waals surface area (Å²) in [4.78, 5) is 4.16. The maximum atomic E-state index is 5.25. The first-order chi connectivity index (χ1) is 6.72. The molecule has 0 aliphatic carbocycles. The average Bonchev–Trinajstić information content (AvgIpc) is 2.17. The molecule has 3 heteroatoms. The predicted molar refractivity (Wildman–Crippen MR) is 58.7 cm³/mol. The van der Waals surface area contributed by atoms with E-state index in [4.69, 9.17) is 4.74 Å². The van der Waals surface area contributed by atoms with Crippen molar-refractivity contribution >= 4 is 5.69 Å². The van der Waals surface area contributed by atoms with Crippen LogP contribution in [-0.2, 0) is 0 Å². The molecule has 0 aliphatic heterocycles. The molecule has 78 valence electrons. The Bertz CT molecular complexity index is 256. The van der Waals surface area contributed by atoms with Crippen LogP contribution in [0.25, 0.3) is 0 Å². The molecule has 0 spiro atoms. The highest BCUT2D eigenvalue weighted by atomic mass is 16.5. The summed E-state index contributed by atoms with van der Waals surface area (Å²) in [7, 11) is 0. The molecule has 1 aromatic rings. The minimum Gasteiger partial charge on any atom is -0.478 e. The number of aromatic nitrogens is 1. The van der Waals surface area contributed by atoms with Gasteiger partial charge >= 0.3 is 0 Å². The van der Waals surface area contributed by atoms with Gasteiger partial charge in [-0.05, 0) is 18.9 Å². The van der Waals surface area contributed by atoms with Crippen LogP contribution in [0.1, 0.15) is 20.8 Å². The van der Waals surface area contributed by atoms with Crippen molar-refractivity contribution in [2.24, 2.45) is 5.92 Å². The molecular weight excluding hydrogens is 176 g/mol. The highest BCUT2D eigenvalue weighted by molar-refractivity contribution is 5.41. The molecule has 0 aromatic carbocycles. The standard InChI is InChI=1S/C11H18N2O/c1-4-14-11-6-5-10(8-13-11)12-7-9(2)3/h5-6,8-9,12H,4,7H2,1-3H3. The van der Waals surface area contributed by atoms with Gasteiger partial charge in [0, 0.05) is 12.6 Å². The summed E-state index contributed by atoms with van der Waals surface area (Å²) in [5, 5.41) is 3.30. The van der Waals surface area contributed by atoms with Crippen LogP contribution in [0.3, 0.4) is 0 Å². The zero-order valence-corrected chi connectivity index (χ0v) is 9.08. The van der Waals surface area contributed by atoms with Crippen molar-refractivity contribution in [1.29, 1.82) is 0 Å². The quantitative estimate of drug-likeness (QED) is 0.782. The van der Waals surface area contributed by atoms with E-state index in [9.17, 15) is 0 Å². The summed E-state index contributed by atoms with van der Waals surface area (Å²) in [6.45, 7) is 7.93. The number of hydrogen-bond acceptors (Lipinski definition) is 3. The van der Waals surface area contributed by atoms with Crippen molar-refractivity contribution in [1.82, 2.24) is 4.98 Å². The monoisotopic (exact) mass is 194 g/mol. The Morgan fingerprint density at radius 1 is 1.43 bits per heavy atom. The first kappa shape index (κ1) is 10.8. The van der Waals surface area contributed by atoms with Crippen LogP contribution in [0, 0.1) is 5.92 Å². The molecule has 0 radical (unpaired) electrons. The molecule has 3 nitrogen and oxygen atoms in total. The van der Waals surface area contributed by atoms with Gasteiger partial charge in [0.2, 0.25) is 5.88 Å². The number of hydrogen-bond donors (Lipinski definition) is 1. The van der Waals surface area contributed by atoms with Gasteiger partial charge < -0.3 is 10.1 Å². The van der Waals surface area contributed by atoms with Crippen LogP contribution in [0.15, 0.2) is 18.3 Å². The lowest BCUT2D eigenvalue weighted by atomic mass is 10.2. The molecule has 1 aromatic heterocycles. The Morgan fingerprint density at radius 3 is 2.71 bits per heavy atom. The third kappa shape index (κ3) is 3.64. The van der Waals surface area contributed by atoms with E-state index >= 15 is 0 Å². The van der Waals surface area contributed by atoms with Crippen LogP contribution in [0.5, 0.6) is 5.88 Å². The van der Waals surface area contributed by atoms with E-state index in [2.05, 4.69) is 24.1 Å². The summed E-state index contributed by atoms with van der Waals surface area (Å²) in [5.74, 6) is 1.32. The summed E-state index contributed by atoms with van der Waals surface area (Å²) >= 11 is 0. The molecule has 1 rings (SSSR count). The van der Waals surface area contributed by atoms with Crippen molar-refractivity contribution < 1.29 is 4.74 Å². The van der Waals surface area contributed by atoms with E-state index in [1.807, 2.05) is 19.1 Å². The first-order valence-corrected chi connectivity index (χ1v) is 5.05. The van der Waals surface area contributed by atoms with Gasteiger partial charge in [-0.25, -0.2) is 4.98 Å². The maximum absolute atomic E-state index is 5.25. The summed E-state index contributed by atoms with van der Waals surface area (Å²) < 4.78 is 5.25. The van der Waals surface area contributed by atoms with Crippen molar-refractivity contribution in [2.45, 2.75) is 20.8 Å². The molecule has 0 saturated heterocycles. The number of ether oxygens (including phenoxy) is 1. The van der Waals surface area contributed by atoms with Crippen molar-refractivity contribution in [3.63, 3.8) is 0 Å². The molecular formula is C11H18N2O. The fraction of sp³-hybridized carbons (Fsp3) is 0.545. The number of nitrogens with zero attached hydrogens (tertiary/aromatic N) is 1. The molecule has 0 fully saturated rings. The van der Waals surface area contributed by atoms with Crippen molar-refractivity contribution in [3.05, 3.63) is 18.3 Å². The molecule has 1 N–H and O–H groups in total. The minimum atomic E-state index is 0.640. The van der Waals surface area contributed by atoms with Crippen LogP contribution in [-0.4, -0.2) is 18.1 Å². The van der Waals surface area contributed by atoms with Gasteiger partial charge in [0.15, 0.2) is 0 Å². The Kier molecular flexibility index (Phi) is 4.23. The number of nitrogens with one attached hydrogen (secondary N) is 1. The first-order valence-electron chi connectivity index (χ1n) is 5.05. The molecule has 0 atom stereocenters. The lowest BCUT2D eigenvalue weighted by Crippen LogP contribution is -2.08. The molecule has 0 unspecified atom stereocenters. The maximum Gasteiger partial charge on any atom is 0.213 e. The average molecular weight is 194 g/mol.